The highest BCUT2D eigenvalue weighted by Gasteiger charge is 2.25. The molecule has 0 fully saturated rings. The number of aromatic nitrogens is 5. The van der Waals surface area contributed by atoms with E-state index in [-0.39, 0.29) is 11.7 Å². The molecule has 4 rings (SSSR count). The molecule has 0 saturated heterocycles. The first kappa shape index (κ1) is 19.1. The third-order valence-corrected chi connectivity index (χ3v) is 6.96. The molecule has 3 aromatic rings. The number of fused-ring (bicyclic) bond motifs is 1. The zero-order chi connectivity index (χ0) is 19.8. The van der Waals surface area contributed by atoms with Gasteiger partial charge in [-0.1, -0.05) is 18.7 Å². The molecule has 0 N–H and O–H groups in total. The second kappa shape index (κ2) is 7.67. The first-order valence-electron chi connectivity index (χ1n) is 9.28. The van der Waals surface area contributed by atoms with E-state index in [9.17, 15) is 10.1 Å². The lowest BCUT2D eigenvalue weighted by Crippen LogP contribution is -2.11. The smallest absolute Gasteiger partial charge is 0.299 e. The Morgan fingerprint density at radius 2 is 2.25 bits per heavy atom. The quantitative estimate of drug-likeness (QED) is 0.331. The molecule has 0 unspecified atom stereocenters. The zero-order valence-electron chi connectivity index (χ0n) is 16.0. The maximum Gasteiger partial charge on any atom is 0.307 e. The summed E-state index contributed by atoms with van der Waals surface area (Å²) in [5, 5.41) is 26.8. The summed E-state index contributed by atoms with van der Waals surface area (Å²) in [6.45, 7) is 6.56. The van der Waals surface area contributed by atoms with Gasteiger partial charge in [0, 0.05) is 21.9 Å². The van der Waals surface area contributed by atoms with Gasteiger partial charge in [0.1, 0.15) is 12.4 Å². The molecule has 0 radical (unpaired) electrons. The summed E-state index contributed by atoms with van der Waals surface area (Å²) in [6.07, 6.45) is 6.15. The van der Waals surface area contributed by atoms with E-state index < -0.39 is 4.92 Å². The first-order valence-corrected chi connectivity index (χ1v) is 11.1. The lowest BCUT2D eigenvalue weighted by atomic mass is 9.88. The van der Waals surface area contributed by atoms with E-state index in [2.05, 4.69) is 46.0 Å². The van der Waals surface area contributed by atoms with Crippen LogP contribution in [0.25, 0.3) is 11.4 Å². The van der Waals surface area contributed by atoms with Crippen molar-refractivity contribution < 1.29 is 4.92 Å². The molecule has 10 heteroatoms. The van der Waals surface area contributed by atoms with Crippen molar-refractivity contribution in [1.29, 1.82) is 0 Å². The Morgan fingerprint density at radius 3 is 2.96 bits per heavy atom. The van der Waals surface area contributed by atoms with Crippen LogP contribution in [0.5, 0.6) is 0 Å². The number of hydrogen-bond acceptors (Lipinski definition) is 7. The van der Waals surface area contributed by atoms with Crippen molar-refractivity contribution in [3.05, 3.63) is 38.3 Å². The van der Waals surface area contributed by atoms with E-state index in [0.29, 0.717) is 5.88 Å². The predicted octanol–water partition coefficient (Wildman–Crippen LogP) is 4.57. The van der Waals surface area contributed by atoms with Crippen LogP contribution in [0.2, 0.25) is 0 Å². The van der Waals surface area contributed by atoms with Gasteiger partial charge in [-0.05, 0) is 44.6 Å². The molecule has 148 valence electrons. The third kappa shape index (κ3) is 3.58. The highest BCUT2D eigenvalue weighted by atomic mass is 32.2. The van der Waals surface area contributed by atoms with Gasteiger partial charge in [0.2, 0.25) is 0 Å². The average molecular weight is 419 g/mol. The summed E-state index contributed by atoms with van der Waals surface area (Å²) in [5.74, 6) is 2.10. The molecule has 3 heterocycles. The second-order valence-electron chi connectivity index (χ2n) is 7.44. The van der Waals surface area contributed by atoms with Gasteiger partial charge < -0.3 is 0 Å². The van der Waals surface area contributed by atoms with Crippen molar-refractivity contribution in [1.82, 2.24) is 24.5 Å². The number of thiophene rings is 1. The molecule has 1 atom stereocenters. The fourth-order valence-electron chi connectivity index (χ4n) is 3.53. The van der Waals surface area contributed by atoms with Gasteiger partial charge in [0.15, 0.2) is 11.0 Å². The van der Waals surface area contributed by atoms with Crippen molar-refractivity contribution in [2.45, 2.75) is 57.1 Å². The van der Waals surface area contributed by atoms with Crippen LogP contribution in [0.4, 0.5) is 5.69 Å². The highest BCUT2D eigenvalue weighted by Crippen LogP contribution is 2.39. The number of nitro groups is 1. The second-order valence-corrected chi connectivity index (χ2v) is 9.31. The van der Waals surface area contributed by atoms with E-state index in [0.717, 1.165) is 29.7 Å². The number of rotatable bonds is 6. The largest absolute Gasteiger partial charge is 0.307 e. The number of thioether (sulfide) groups is 1. The SMILES string of the molecule is CC(C)n1c(SCn2cc([N+](=O)[O-])cn2)nnc1-c1csc2c1CC[C@@H](C)C2. The standard InChI is InChI=1S/C18H22N6O2S2/c1-11(2)23-17(15-9-27-16-6-12(3)4-5-14(15)16)20-21-18(23)28-10-22-8-13(7-19-22)24(25)26/h7-9,11-12H,4-6,10H2,1-3H3/t12-/m1/s1. The lowest BCUT2D eigenvalue weighted by molar-refractivity contribution is -0.385. The van der Waals surface area contributed by atoms with Crippen LogP contribution in [-0.4, -0.2) is 29.5 Å². The summed E-state index contributed by atoms with van der Waals surface area (Å²) in [7, 11) is 0. The minimum atomic E-state index is -0.441. The monoisotopic (exact) mass is 418 g/mol. The Balaban J connectivity index is 1.60. The molecule has 0 aromatic carbocycles. The Bertz CT molecular complexity index is 1010. The van der Waals surface area contributed by atoms with Crippen LogP contribution in [0, 0.1) is 16.0 Å². The molecule has 0 amide bonds. The molecular formula is C18H22N6O2S2. The van der Waals surface area contributed by atoms with Crippen LogP contribution < -0.4 is 0 Å². The van der Waals surface area contributed by atoms with Gasteiger partial charge in [-0.3, -0.25) is 19.4 Å². The molecule has 8 nitrogen and oxygen atoms in total. The van der Waals surface area contributed by atoms with Gasteiger partial charge in [-0.2, -0.15) is 5.10 Å². The van der Waals surface area contributed by atoms with Crippen LogP contribution in [0.3, 0.4) is 0 Å². The molecule has 0 spiro atoms. The minimum absolute atomic E-state index is 0.00857. The van der Waals surface area contributed by atoms with Gasteiger partial charge in [0.25, 0.3) is 0 Å². The maximum atomic E-state index is 10.8. The highest BCUT2D eigenvalue weighted by molar-refractivity contribution is 7.98. The van der Waals surface area contributed by atoms with Crippen LogP contribution in [-0.2, 0) is 18.7 Å². The average Bonchev–Trinajstić information content (AvgIpc) is 3.36. The summed E-state index contributed by atoms with van der Waals surface area (Å²) >= 11 is 3.31. The van der Waals surface area contributed by atoms with Crippen LogP contribution in [0.1, 0.15) is 43.7 Å². The predicted molar refractivity (Wildman–Crippen MR) is 110 cm³/mol. The zero-order valence-corrected chi connectivity index (χ0v) is 17.7. The number of nitrogens with zero attached hydrogens (tertiary/aromatic N) is 6. The summed E-state index contributed by atoms with van der Waals surface area (Å²) in [5.41, 5.74) is 2.62. The van der Waals surface area contributed by atoms with Crippen molar-refractivity contribution >= 4 is 28.8 Å². The van der Waals surface area contributed by atoms with E-state index in [1.54, 1.807) is 4.68 Å². The fraction of sp³-hybridized carbons (Fsp3) is 0.500. The maximum absolute atomic E-state index is 10.8. The van der Waals surface area contributed by atoms with Crippen molar-refractivity contribution in [3.63, 3.8) is 0 Å². The van der Waals surface area contributed by atoms with Gasteiger partial charge in [0.05, 0.1) is 10.8 Å². The molecule has 0 bridgehead atoms. The molecule has 0 aliphatic heterocycles. The van der Waals surface area contributed by atoms with Crippen molar-refractivity contribution in [2.75, 3.05) is 0 Å². The van der Waals surface area contributed by atoms with Crippen LogP contribution >= 0.6 is 23.1 Å². The molecule has 1 aliphatic carbocycles. The molecule has 28 heavy (non-hydrogen) atoms. The van der Waals surface area contributed by atoms with Crippen molar-refractivity contribution in [3.8, 4) is 11.4 Å². The summed E-state index contributed by atoms with van der Waals surface area (Å²) in [4.78, 5) is 11.9. The Hall–Kier alpha value is -2.20. The third-order valence-electron chi connectivity index (χ3n) is 4.98. The molecule has 1 aliphatic rings. The first-order chi connectivity index (χ1) is 13.4. The van der Waals surface area contributed by atoms with Gasteiger partial charge in [-0.15, -0.1) is 21.5 Å². The summed E-state index contributed by atoms with van der Waals surface area (Å²) < 4.78 is 3.71. The topological polar surface area (TPSA) is 91.7 Å². The Labute approximate surface area is 171 Å². The Kier molecular flexibility index (Phi) is 5.24. The van der Waals surface area contributed by atoms with E-state index in [1.807, 2.05) is 11.3 Å². The fourth-order valence-corrected chi connectivity index (χ4v) is 5.70. The van der Waals surface area contributed by atoms with Gasteiger partial charge in [-0.25, -0.2) is 0 Å². The Morgan fingerprint density at radius 1 is 1.43 bits per heavy atom. The normalized spacial score (nSPS) is 16.5. The van der Waals surface area contributed by atoms with Crippen molar-refractivity contribution in [2.24, 2.45) is 5.92 Å². The van der Waals surface area contributed by atoms with E-state index in [4.69, 9.17) is 0 Å². The van der Waals surface area contributed by atoms with E-state index >= 15 is 0 Å². The van der Waals surface area contributed by atoms with Gasteiger partial charge >= 0.3 is 5.69 Å². The summed E-state index contributed by atoms with van der Waals surface area (Å²) in [6, 6.07) is 0.206. The molecular weight excluding hydrogens is 396 g/mol. The minimum Gasteiger partial charge on any atom is -0.299 e. The number of hydrogen-bond donors (Lipinski definition) is 0. The molecule has 3 aromatic heterocycles. The van der Waals surface area contributed by atoms with Crippen LogP contribution in [0.15, 0.2) is 22.9 Å². The lowest BCUT2D eigenvalue weighted by Gasteiger charge is -2.19. The molecule has 0 saturated carbocycles. The van der Waals surface area contributed by atoms with E-state index in [1.165, 1.54) is 46.6 Å².